The van der Waals surface area contributed by atoms with Crippen molar-refractivity contribution >= 4 is 27.6 Å². The number of hydrogen-bond donors (Lipinski definition) is 0. The molecule has 0 bridgehead atoms. The molecule has 0 aliphatic carbocycles. The van der Waals surface area contributed by atoms with E-state index in [0.717, 1.165) is 40.3 Å². The molecule has 6 rings (SSSR count). The zero-order chi connectivity index (χ0) is 24.6. The minimum atomic E-state index is -0.0304. The van der Waals surface area contributed by atoms with Crippen molar-refractivity contribution < 1.29 is 9.32 Å². The van der Waals surface area contributed by atoms with Gasteiger partial charge in [0, 0.05) is 43.3 Å². The SMILES string of the molecule is Cc1ccc(-c2noc(C(C)N3CCN(C(=O)c4cc5ccccc5c5cccnc45)CC3)n2)cc1. The Hall–Kier alpha value is -4.10. The van der Waals surface area contributed by atoms with Crippen LogP contribution in [0.15, 0.2) is 77.4 Å². The lowest BCUT2D eigenvalue weighted by Crippen LogP contribution is -2.49. The van der Waals surface area contributed by atoms with Crippen molar-refractivity contribution in [3.8, 4) is 11.4 Å². The van der Waals surface area contributed by atoms with E-state index >= 15 is 0 Å². The summed E-state index contributed by atoms with van der Waals surface area (Å²) in [5.41, 5.74) is 3.54. The van der Waals surface area contributed by atoms with Crippen LogP contribution in [0.2, 0.25) is 0 Å². The van der Waals surface area contributed by atoms with Gasteiger partial charge in [0.15, 0.2) is 0 Å². The predicted octanol–water partition coefficient (Wildman–Crippen LogP) is 5.27. The van der Waals surface area contributed by atoms with E-state index in [1.165, 1.54) is 5.56 Å². The number of hydrogen-bond acceptors (Lipinski definition) is 6. The van der Waals surface area contributed by atoms with Crippen molar-refractivity contribution in [2.45, 2.75) is 19.9 Å². The third-order valence-corrected chi connectivity index (χ3v) is 7.10. The molecule has 0 saturated carbocycles. The molecule has 1 atom stereocenters. The van der Waals surface area contributed by atoms with E-state index in [1.54, 1.807) is 6.20 Å². The number of carbonyl (C=O) groups excluding carboxylic acids is 1. The van der Waals surface area contributed by atoms with Crippen molar-refractivity contribution in [2.75, 3.05) is 26.2 Å². The molecular formula is C29H27N5O2. The third kappa shape index (κ3) is 4.01. The molecule has 1 fully saturated rings. The lowest BCUT2D eigenvalue weighted by molar-refractivity contribution is 0.0553. The summed E-state index contributed by atoms with van der Waals surface area (Å²) in [6, 6.07) is 22.1. The first kappa shape index (κ1) is 22.4. The summed E-state index contributed by atoms with van der Waals surface area (Å²) in [6.07, 6.45) is 1.75. The van der Waals surface area contributed by atoms with Crippen LogP contribution in [0, 0.1) is 6.92 Å². The van der Waals surface area contributed by atoms with Gasteiger partial charge in [-0.2, -0.15) is 4.98 Å². The van der Waals surface area contributed by atoms with E-state index in [-0.39, 0.29) is 11.9 Å². The molecule has 1 aliphatic heterocycles. The number of carbonyl (C=O) groups is 1. The van der Waals surface area contributed by atoms with Gasteiger partial charge in [-0.1, -0.05) is 65.3 Å². The Morgan fingerprint density at radius 2 is 1.69 bits per heavy atom. The number of aromatic nitrogens is 3. The number of pyridine rings is 1. The first-order valence-corrected chi connectivity index (χ1v) is 12.3. The zero-order valence-electron chi connectivity index (χ0n) is 20.4. The van der Waals surface area contributed by atoms with Crippen LogP contribution >= 0.6 is 0 Å². The van der Waals surface area contributed by atoms with Gasteiger partial charge in [-0.3, -0.25) is 14.7 Å². The van der Waals surface area contributed by atoms with E-state index in [1.807, 2.05) is 65.6 Å². The van der Waals surface area contributed by atoms with Crippen molar-refractivity contribution in [2.24, 2.45) is 0 Å². The van der Waals surface area contributed by atoms with Gasteiger partial charge in [-0.15, -0.1) is 0 Å². The number of amides is 1. The molecule has 2 aromatic heterocycles. The average molecular weight is 478 g/mol. The van der Waals surface area contributed by atoms with Crippen LogP contribution in [0.1, 0.15) is 34.8 Å². The minimum absolute atomic E-state index is 0.0243. The standard InChI is InChI=1S/C29H27N5O2/c1-19-9-11-21(12-10-19)27-31-28(36-32-27)20(2)33-14-16-34(17-15-33)29(35)25-18-22-6-3-4-7-23(22)24-8-5-13-30-26(24)25/h3-13,18,20H,14-17H2,1-2H3. The zero-order valence-corrected chi connectivity index (χ0v) is 20.4. The number of nitrogens with zero attached hydrogens (tertiary/aromatic N) is 5. The van der Waals surface area contributed by atoms with Gasteiger partial charge in [0.05, 0.1) is 17.1 Å². The molecule has 7 nitrogen and oxygen atoms in total. The second-order valence-electron chi connectivity index (χ2n) is 9.37. The van der Waals surface area contributed by atoms with Gasteiger partial charge in [-0.05, 0) is 36.8 Å². The Bertz CT molecular complexity index is 1550. The molecular weight excluding hydrogens is 450 g/mol. The molecule has 5 aromatic rings. The number of aryl methyl sites for hydroxylation is 1. The maximum absolute atomic E-state index is 13.6. The van der Waals surface area contributed by atoms with E-state index in [2.05, 4.69) is 39.9 Å². The highest BCUT2D eigenvalue weighted by atomic mass is 16.5. The third-order valence-electron chi connectivity index (χ3n) is 7.10. The van der Waals surface area contributed by atoms with Crippen molar-refractivity contribution in [1.29, 1.82) is 0 Å². The van der Waals surface area contributed by atoms with E-state index < -0.39 is 0 Å². The molecule has 36 heavy (non-hydrogen) atoms. The molecule has 7 heteroatoms. The van der Waals surface area contributed by atoms with E-state index in [4.69, 9.17) is 4.52 Å². The molecule has 180 valence electrons. The fourth-order valence-corrected chi connectivity index (χ4v) is 4.96. The Labute approximate surface area is 209 Å². The lowest BCUT2D eigenvalue weighted by Gasteiger charge is -2.37. The second kappa shape index (κ2) is 9.17. The van der Waals surface area contributed by atoms with Crippen LogP contribution in [0.3, 0.4) is 0 Å². The number of piperazine rings is 1. The van der Waals surface area contributed by atoms with Crippen molar-refractivity contribution in [3.63, 3.8) is 0 Å². The Morgan fingerprint density at radius 1 is 0.944 bits per heavy atom. The highest BCUT2D eigenvalue weighted by molar-refractivity contribution is 6.15. The summed E-state index contributed by atoms with van der Waals surface area (Å²) in [7, 11) is 0. The van der Waals surface area contributed by atoms with E-state index in [0.29, 0.717) is 30.4 Å². The van der Waals surface area contributed by atoms with Crippen LogP contribution in [0.25, 0.3) is 33.1 Å². The first-order chi connectivity index (χ1) is 17.6. The Morgan fingerprint density at radius 3 is 2.50 bits per heavy atom. The smallest absolute Gasteiger partial charge is 0.256 e. The topological polar surface area (TPSA) is 75.4 Å². The monoisotopic (exact) mass is 477 g/mol. The van der Waals surface area contributed by atoms with Gasteiger partial charge in [0.25, 0.3) is 5.91 Å². The largest absolute Gasteiger partial charge is 0.337 e. The maximum atomic E-state index is 13.6. The van der Waals surface area contributed by atoms with Crippen LogP contribution in [0.5, 0.6) is 0 Å². The van der Waals surface area contributed by atoms with Crippen LogP contribution < -0.4 is 0 Å². The lowest BCUT2D eigenvalue weighted by atomic mass is 10.00. The Balaban J connectivity index is 1.18. The molecule has 1 aliphatic rings. The van der Waals surface area contributed by atoms with Crippen LogP contribution in [-0.2, 0) is 0 Å². The molecule has 0 radical (unpaired) electrons. The summed E-state index contributed by atoms with van der Waals surface area (Å²) >= 11 is 0. The molecule has 1 unspecified atom stereocenters. The molecule has 3 aromatic carbocycles. The number of fused-ring (bicyclic) bond motifs is 3. The summed E-state index contributed by atoms with van der Waals surface area (Å²) in [5, 5.41) is 7.35. The quantitative estimate of drug-likeness (QED) is 0.329. The van der Waals surface area contributed by atoms with Crippen molar-refractivity contribution in [3.05, 3.63) is 89.9 Å². The van der Waals surface area contributed by atoms with Gasteiger partial charge in [-0.25, -0.2) is 0 Å². The Kier molecular flexibility index (Phi) is 5.70. The molecule has 0 N–H and O–H groups in total. The van der Waals surface area contributed by atoms with Gasteiger partial charge >= 0.3 is 0 Å². The first-order valence-electron chi connectivity index (χ1n) is 12.3. The van der Waals surface area contributed by atoms with Crippen LogP contribution in [-0.4, -0.2) is 57.0 Å². The predicted molar refractivity (Wildman–Crippen MR) is 140 cm³/mol. The molecule has 1 saturated heterocycles. The summed E-state index contributed by atoms with van der Waals surface area (Å²) in [4.78, 5) is 27.0. The molecule has 1 amide bonds. The minimum Gasteiger partial charge on any atom is -0.337 e. The van der Waals surface area contributed by atoms with Crippen LogP contribution in [0.4, 0.5) is 0 Å². The summed E-state index contributed by atoms with van der Waals surface area (Å²) in [6.45, 7) is 6.84. The highest BCUT2D eigenvalue weighted by Crippen LogP contribution is 2.29. The van der Waals surface area contributed by atoms with Crippen molar-refractivity contribution in [1.82, 2.24) is 24.9 Å². The van der Waals surface area contributed by atoms with E-state index in [9.17, 15) is 4.79 Å². The normalized spacial score (nSPS) is 15.4. The fraction of sp³-hybridized carbons (Fsp3) is 0.241. The summed E-state index contributed by atoms with van der Waals surface area (Å²) < 4.78 is 5.61. The van der Waals surface area contributed by atoms with Gasteiger partial charge in [0.2, 0.25) is 11.7 Å². The molecule has 0 spiro atoms. The number of benzene rings is 3. The second-order valence-corrected chi connectivity index (χ2v) is 9.37. The highest BCUT2D eigenvalue weighted by Gasteiger charge is 2.29. The molecule has 3 heterocycles. The maximum Gasteiger partial charge on any atom is 0.256 e. The summed E-state index contributed by atoms with van der Waals surface area (Å²) in [5.74, 6) is 1.22. The average Bonchev–Trinajstić information content (AvgIpc) is 3.43. The fourth-order valence-electron chi connectivity index (χ4n) is 4.96. The van der Waals surface area contributed by atoms with Gasteiger partial charge in [0.1, 0.15) is 0 Å². The van der Waals surface area contributed by atoms with Gasteiger partial charge < -0.3 is 9.42 Å². The number of rotatable bonds is 4.